The van der Waals surface area contributed by atoms with Gasteiger partial charge in [0.05, 0.1) is 53.5 Å². The summed E-state index contributed by atoms with van der Waals surface area (Å²) in [6.45, 7) is 20.3. The van der Waals surface area contributed by atoms with Gasteiger partial charge < -0.3 is 34.2 Å². The predicted molar refractivity (Wildman–Crippen MR) is 255 cm³/mol. The summed E-state index contributed by atoms with van der Waals surface area (Å²) in [5.41, 5.74) is -1.44. The Morgan fingerprint density at radius 2 is 1.23 bits per heavy atom. The Hall–Kier alpha value is -3.98. The number of carboxylic acid groups (broad SMARTS) is 1. The van der Waals surface area contributed by atoms with Gasteiger partial charge in [0.15, 0.2) is 0 Å². The zero-order valence-corrected chi connectivity index (χ0v) is 41.2. The number of methoxy groups -OCH3 is 1. The van der Waals surface area contributed by atoms with Crippen LogP contribution in [0.25, 0.3) is 0 Å². The Morgan fingerprint density at radius 3 is 1.66 bits per heavy atom. The average Bonchev–Trinajstić information content (AvgIpc) is 3.89. The van der Waals surface area contributed by atoms with Gasteiger partial charge in [-0.05, 0) is 118 Å². The van der Waals surface area contributed by atoms with Crippen LogP contribution in [0.4, 0.5) is 11.4 Å². The highest BCUT2D eigenvalue weighted by molar-refractivity contribution is 7.15. The second-order valence-electron chi connectivity index (χ2n) is 20.1. The van der Waals surface area contributed by atoms with Crippen LogP contribution in [-0.2, 0) is 23.8 Å². The molecule has 4 atom stereocenters. The number of carbonyl (C=O) groups is 4. The van der Waals surface area contributed by atoms with Crippen molar-refractivity contribution in [1.82, 2.24) is 0 Å². The minimum absolute atomic E-state index is 0.0242. The van der Waals surface area contributed by atoms with Crippen molar-refractivity contribution < 1.29 is 43.6 Å². The van der Waals surface area contributed by atoms with E-state index >= 15 is 0 Å². The number of ether oxygens (including phenoxy) is 3. The first kappa shape index (κ1) is 51.0. The van der Waals surface area contributed by atoms with Crippen molar-refractivity contribution in [2.45, 2.75) is 162 Å². The third kappa shape index (κ3) is 12.5. The lowest BCUT2D eigenvalue weighted by atomic mass is 9.81. The van der Waals surface area contributed by atoms with E-state index in [9.17, 15) is 29.4 Å². The van der Waals surface area contributed by atoms with Crippen LogP contribution in [0.5, 0.6) is 0 Å². The number of hydrogen-bond donors (Lipinski definition) is 2. The summed E-state index contributed by atoms with van der Waals surface area (Å²) in [4.78, 5) is 58.0. The Morgan fingerprint density at radius 1 is 0.797 bits per heavy atom. The summed E-state index contributed by atoms with van der Waals surface area (Å²) < 4.78 is 17.4. The molecule has 2 aromatic rings. The Kier molecular flexibility index (Phi) is 17.2. The van der Waals surface area contributed by atoms with Gasteiger partial charge in [-0.3, -0.25) is 9.59 Å². The molecule has 2 aliphatic carbocycles. The van der Waals surface area contributed by atoms with Gasteiger partial charge >= 0.3 is 11.9 Å². The van der Waals surface area contributed by atoms with Crippen molar-refractivity contribution >= 4 is 57.8 Å². The number of anilines is 2. The highest BCUT2D eigenvalue weighted by atomic mass is 32.1. The molecule has 0 radical (unpaired) electrons. The van der Waals surface area contributed by atoms with E-state index in [1.54, 1.807) is 24.0 Å². The number of thiophene rings is 2. The topological polar surface area (TPSA) is 143 Å². The standard InChI is InChI=1S/C26H35NO4S.C25H35NO5S/c1-7-14-26(5)24(29)27(21(17-31-26)18-11-9-8-10-12-18)20-16-19(13-15-25(2,3)4)32-22(20)23(28)30-6;1-24(2,3)13-11-18-15-19(21(32-18)22(28)29)26-20(17-9-6-5-7-10-17)16-31-25(4,23(26)30)12-8-14-27/h7,16,18,21H,1,8-12,14,17H2,2-6H3;15,17,20,27H,5-10,12,14,16H2,1-4H3,(H,28,29)/t21-,26+;20-,25+/m00/s1. The van der Waals surface area contributed by atoms with Crippen molar-refractivity contribution in [1.29, 1.82) is 0 Å². The number of aliphatic hydroxyl groups excluding tert-OH is 1. The molecule has 6 rings (SSSR count). The number of morpholine rings is 2. The third-order valence-electron chi connectivity index (χ3n) is 12.5. The van der Waals surface area contributed by atoms with Gasteiger partial charge in [-0.1, -0.05) is 68.3 Å². The molecule has 2 aliphatic heterocycles. The first-order valence-corrected chi connectivity index (χ1v) is 24.6. The number of aliphatic hydroxyl groups is 1. The third-order valence-corrected chi connectivity index (χ3v) is 14.6. The van der Waals surface area contributed by atoms with Gasteiger partial charge in [0.25, 0.3) is 11.8 Å². The van der Waals surface area contributed by atoms with Gasteiger partial charge in [-0.25, -0.2) is 9.59 Å². The fourth-order valence-corrected chi connectivity index (χ4v) is 10.8. The summed E-state index contributed by atoms with van der Waals surface area (Å²) >= 11 is 2.41. The van der Waals surface area contributed by atoms with E-state index in [-0.39, 0.29) is 52.1 Å². The number of aromatic carboxylic acids is 1. The van der Waals surface area contributed by atoms with Crippen LogP contribution < -0.4 is 9.80 Å². The normalized spacial score (nSPS) is 24.7. The Balaban J connectivity index is 0.000000241. The fourth-order valence-electron chi connectivity index (χ4n) is 9.08. The van der Waals surface area contributed by atoms with Gasteiger partial charge in [-0.15, -0.1) is 29.3 Å². The average molecular weight is 919 g/mol. The van der Waals surface area contributed by atoms with E-state index < -0.39 is 23.1 Å². The van der Waals surface area contributed by atoms with Crippen molar-refractivity contribution in [3.63, 3.8) is 0 Å². The SMILES string of the molecule is C=CC[C@@]1(C)OC[C@@H](C2CCCCC2)N(c2cc(C#CC(C)(C)C)sc2C(=O)OC)C1=O.CC(C)(C)C#Cc1cc(N2C(=O)[C@@](C)(CCCO)OC[C@H]2C2CCCCC2)c(C(=O)O)s1. The van der Waals surface area contributed by atoms with E-state index in [0.29, 0.717) is 59.5 Å². The lowest BCUT2D eigenvalue weighted by molar-refractivity contribution is -0.154. The lowest BCUT2D eigenvalue weighted by Gasteiger charge is -2.47. The second-order valence-corrected chi connectivity index (χ2v) is 22.2. The summed E-state index contributed by atoms with van der Waals surface area (Å²) in [5.74, 6) is 11.5. The highest BCUT2D eigenvalue weighted by Gasteiger charge is 2.50. The fraction of sp³-hybridized carbons (Fsp3) is 0.647. The molecular weight excluding hydrogens is 849 g/mol. The predicted octanol–water partition coefficient (Wildman–Crippen LogP) is 10.3. The van der Waals surface area contributed by atoms with E-state index in [4.69, 9.17) is 14.2 Å². The van der Waals surface area contributed by atoms with Gasteiger partial charge in [0.1, 0.15) is 21.0 Å². The number of esters is 1. The summed E-state index contributed by atoms with van der Waals surface area (Å²) in [6, 6.07) is 3.34. The maximum absolute atomic E-state index is 13.8. The van der Waals surface area contributed by atoms with Crippen molar-refractivity contribution in [3.05, 3.63) is 44.3 Å². The minimum Gasteiger partial charge on any atom is -0.477 e. The maximum atomic E-state index is 13.8. The van der Waals surface area contributed by atoms with Crippen LogP contribution in [0.15, 0.2) is 24.8 Å². The van der Waals surface area contributed by atoms with Crippen LogP contribution >= 0.6 is 22.7 Å². The quantitative estimate of drug-likeness (QED) is 0.128. The van der Waals surface area contributed by atoms with Crippen LogP contribution in [0, 0.1) is 46.3 Å². The minimum atomic E-state index is -1.08. The molecule has 0 spiro atoms. The van der Waals surface area contributed by atoms with Crippen molar-refractivity contribution in [3.8, 4) is 23.7 Å². The van der Waals surface area contributed by atoms with Crippen LogP contribution in [0.2, 0.25) is 0 Å². The first-order valence-electron chi connectivity index (χ1n) is 23.0. The number of carboxylic acids is 1. The molecule has 4 aliphatic rings. The van der Waals surface area contributed by atoms with Crippen molar-refractivity contribution in [2.24, 2.45) is 22.7 Å². The van der Waals surface area contributed by atoms with E-state index in [2.05, 4.69) is 30.3 Å². The lowest BCUT2D eigenvalue weighted by Crippen LogP contribution is -2.62. The number of rotatable bonds is 11. The molecule has 0 aromatic carbocycles. The summed E-state index contributed by atoms with van der Waals surface area (Å²) in [5, 5.41) is 19.3. The molecule has 0 unspecified atom stereocenters. The van der Waals surface area contributed by atoms with E-state index in [1.165, 1.54) is 31.3 Å². The molecule has 2 aromatic heterocycles. The van der Waals surface area contributed by atoms with Gasteiger partial charge in [-0.2, -0.15) is 0 Å². The number of amides is 2. The van der Waals surface area contributed by atoms with Crippen LogP contribution in [-0.4, -0.2) is 84.2 Å². The molecule has 64 heavy (non-hydrogen) atoms. The second kappa shape index (κ2) is 21.5. The monoisotopic (exact) mass is 918 g/mol. The van der Waals surface area contributed by atoms with E-state index in [0.717, 1.165) is 67.6 Å². The Labute approximate surface area is 389 Å². The number of nitrogens with zero attached hydrogens (tertiary/aromatic N) is 2. The smallest absolute Gasteiger partial charge is 0.350 e. The number of hydrogen-bond acceptors (Lipinski definition) is 10. The van der Waals surface area contributed by atoms with Crippen LogP contribution in [0.1, 0.15) is 168 Å². The zero-order valence-electron chi connectivity index (χ0n) is 39.5. The summed E-state index contributed by atoms with van der Waals surface area (Å²) in [6.07, 6.45) is 14.1. The molecule has 350 valence electrons. The molecule has 4 heterocycles. The zero-order chi connectivity index (χ0) is 47.0. The molecule has 2 saturated heterocycles. The molecule has 2 amide bonds. The number of carbonyl (C=O) groups excluding carboxylic acids is 3. The summed E-state index contributed by atoms with van der Waals surface area (Å²) in [7, 11) is 1.37. The van der Waals surface area contributed by atoms with Gasteiger partial charge in [0, 0.05) is 23.9 Å². The van der Waals surface area contributed by atoms with Gasteiger partial charge in [0.2, 0.25) is 0 Å². The first-order chi connectivity index (χ1) is 30.1. The largest absolute Gasteiger partial charge is 0.477 e. The molecule has 0 bridgehead atoms. The van der Waals surface area contributed by atoms with E-state index in [1.807, 2.05) is 59.4 Å². The highest BCUT2D eigenvalue weighted by Crippen LogP contribution is 2.43. The van der Waals surface area contributed by atoms with Crippen molar-refractivity contribution in [2.75, 3.05) is 36.7 Å². The Bertz CT molecular complexity index is 2130. The molecule has 13 heteroatoms. The van der Waals surface area contributed by atoms with Crippen LogP contribution in [0.3, 0.4) is 0 Å². The molecule has 2 N–H and O–H groups in total. The molecule has 11 nitrogen and oxygen atoms in total. The molecule has 2 saturated carbocycles. The maximum Gasteiger partial charge on any atom is 0.350 e. The molecular formula is C51H70N2O9S2. The molecule has 4 fully saturated rings.